The molecule has 0 aromatic carbocycles. The van der Waals surface area contributed by atoms with E-state index in [-0.39, 0.29) is 0 Å². The summed E-state index contributed by atoms with van der Waals surface area (Å²) in [6.45, 7) is 7.61. The Balaban J connectivity index is 2.01. The summed E-state index contributed by atoms with van der Waals surface area (Å²) in [5, 5.41) is 3.59. The van der Waals surface area contributed by atoms with Crippen LogP contribution in [0.2, 0.25) is 0 Å². The van der Waals surface area contributed by atoms with E-state index in [0.29, 0.717) is 12.1 Å². The largest absolute Gasteiger partial charge is 0.313 e. The highest BCUT2D eigenvalue weighted by molar-refractivity contribution is 4.91. The minimum Gasteiger partial charge on any atom is -0.313 e. The van der Waals surface area contributed by atoms with Crippen molar-refractivity contribution in [3.05, 3.63) is 24.3 Å². The van der Waals surface area contributed by atoms with Crippen LogP contribution in [0.4, 0.5) is 0 Å². The van der Waals surface area contributed by atoms with Crippen molar-refractivity contribution < 1.29 is 0 Å². The van der Waals surface area contributed by atoms with Crippen molar-refractivity contribution >= 4 is 0 Å². The van der Waals surface area contributed by atoms with E-state index in [4.69, 9.17) is 0 Å². The van der Waals surface area contributed by atoms with Crippen LogP contribution in [0, 0.1) is 0 Å². The molecule has 1 aliphatic heterocycles. The molecule has 1 fully saturated rings. The van der Waals surface area contributed by atoms with Gasteiger partial charge in [0.05, 0.1) is 6.54 Å². The van der Waals surface area contributed by atoms with Gasteiger partial charge in [0.25, 0.3) is 0 Å². The lowest BCUT2D eigenvalue weighted by Crippen LogP contribution is -2.39. The minimum atomic E-state index is 0.600. The van der Waals surface area contributed by atoms with Crippen LogP contribution in [0.3, 0.4) is 0 Å². The molecule has 0 aliphatic carbocycles. The second kappa shape index (κ2) is 6.07. The topological polar surface area (TPSA) is 41.1 Å². The number of aromatic nitrogens is 2. The molecule has 94 valence electrons. The van der Waals surface area contributed by atoms with Gasteiger partial charge in [-0.25, -0.2) is 9.97 Å². The number of rotatable bonds is 3. The third-order valence-electron chi connectivity index (χ3n) is 3.53. The van der Waals surface area contributed by atoms with Crippen LogP contribution in [0.5, 0.6) is 0 Å². The Morgan fingerprint density at radius 1 is 1.41 bits per heavy atom. The molecule has 0 radical (unpaired) electrons. The molecule has 0 bridgehead atoms. The van der Waals surface area contributed by atoms with Gasteiger partial charge in [0.1, 0.15) is 5.82 Å². The molecule has 0 saturated carbocycles. The van der Waals surface area contributed by atoms with E-state index < -0.39 is 0 Å². The fourth-order valence-corrected chi connectivity index (χ4v) is 2.29. The van der Waals surface area contributed by atoms with Crippen molar-refractivity contribution in [2.24, 2.45) is 0 Å². The molecule has 1 aromatic heterocycles. The van der Waals surface area contributed by atoms with Gasteiger partial charge in [-0.05, 0) is 32.4 Å². The Morgan fingerprint density at radius 3 is 2.88 bits per heavy atom. The highest BCUT2D eigenvalue weighted by Crippen LogP contribution is 2.12. The van der Waals surface area contributed by atoms with Crippen molar-refractivity contribution in [3.63, 3.8) is 0 Å². The van der Waals surface area contributed by atoms with Gasteiger partial charge in [-0.1, -0.05) is 6.92 Å². The van der Waals surface area contributed by atoms with Gasteiger partial charge in [0.15, 0.2) is 0 Å². The molecule has 4 nitrogen and oxygen atoms in total. The van der Waals surface area contributed by atoms with Gasteiger partial charge < -0.3 is 5.32 Å². The van der Waals surface area contributed by atoms with Crippen LogP contribution in [-0.2, 0) is 6.54 Å². The summed E-state index contributed by atoms with van der Waals surface area (Å²) < 4.78 is 0. The van der Waals surface area contributed by atoms with E-state index in [9.17, 15) is 0 Å². The lowest BCUT2D eigenvalue weighted by Gasteiger charge is -2.27. The fraction of sp³-hybridized carbons (Fsp3) is 0.692. The maximum absolute atomic E-state index is 4.32. The lowest BCUT2D eigenvalue weighted by molar-refractivity contribution is 0.190. The van der Waals surface area contributed by atoms with Crippen LogP contribution in [0.25, 0.3) is 0 Å². The van der Waals surface area contributed by atoms with Gasteiger partial charge >= 0.3 is 0 Å². The molecule has 0 amide bonds. The molecule has 4 heteroatoms. The molecule has 1 aliphatic rings. The molecule has 0 spiro atoms. The zero-order valence-electron chi connectivity index (χ0n) is 10.8. The van der Waals surface area contributed by atoms with Gasteiger partial charge in [-0.2, -0.15) is 0 Å². The quantitative estimate of drug-likeness (QED) is 0.859. The first-order valence-electron chi connectivity index (χ1n) is 6.53. The van der Waals surface area contributed by atoms with Crippen LogP contribution in [0.15, 0.2) is 18.5 Å². The number of nitrogens with one attached hydrogen (secondary N) is 1. The molecule has 2 atom stereocenters. The molecule has 1 saturated heterocycles. The van der Waals surface area contributed by atoms with Crippen molar-refractivity contribution in [2.45, 2.75) is 45.3 Å². The van der Waals surface area contributed by atoms with Crippen LogP contribution < -0.4 is 5.32 Å². The van der Waals surface area contributed by atoms with E-state index in [1.54, 1.807) is 0 Å². The van der Waals surface area contributed by atoms with Crippen molar-refractivity contribution in [3.8, 4) is 0 Å². The molecule has 2 unspecified atom stereocenters. The first-order chi connectivity index (χ1) is 8.29. The molecule has 1 aromatic rings. The minimum absolute atomic E-state index is 0.600. The van der Waals surface area contributed by atoms with Gasteiger partial charge in [0.2, 0.25) is 0 Å². The molecule has 17 heavy (non-hydrogen) atoms. The Labute approximate surface area is 103 Å². The predicted octanol–water partition coefficient (Wildman–Crippen LogP) is 1.44. The van der Waals surface area contributed by atoms with Gasteiger partial charge in [-0.3, -0.25) is 4.90 Å². The molecular formula is C13H22N4. The maximum Gasteiger partial charge on any atom is 0.142 e. The SMILES string of the molecule is CCC1CN(Cc2ncccn2)C(C)CCN1. The summed E-state index contributed by atoms with van der Waals surface area (Å²) in [6, 6.07) is 3.07. The summed E-state index contributed by atoms with van der Waals surface area (Å²) in [6.07, 6.45) is 6.02. The standard InChI is InChI=1S/C13H22N4/c1-3-12-9-17(11(2)5-8-14-12)10-13-15-6-4-7-16-13/h4,6-7,11-12,14H,3,5,8-10H2,1-2H3. The van der Waals surface area contributed by atoms with E-state index >= 15 is 0 Å². The predicted molar refractivity (Wildman–Crippen MR) is 68.6 cm³/mol. The third kappa shape index (κ3) is 3.48. The molecular weight excluding hydrogens is 212 g/mol. The Morgan fingerprint density at radius 2 is 2.18 bits per heavy atom. The number of hydrogen-bond acceptors (Lipinski definition) is 4. The van der Waals surface area contributed by atoms with Crippen molar-refractivity contribution in [2.75, 3.05) is 13.1 Å². The Bertz CT molecular complexity index is 327. The summed E-state index contributed by atoms with van der Waals surface area (Å²) in [7, 11) is 0. The average Bonchev–Trinajstić information content (AvgIpc) is 2.53. The summed E-state index contributed by atoms with van der Waals surface area (Å²) >= 11 is 0. The third-order valence-corrected chi connectivity index (χ3v) is 3.53. The first-order valence-corrected chi connectivity index (χ1v) is 6.53. The molecule has 2 rings (SSSR count). The van der Waals surface area contributed by atoms with E-state index in [1.807, 2.05) is 18.5 Å². The molecule has 1 N–H and O–H groups in total. The van der Waals surface area contributed by atoms with Crippen molar-refractivity contribution in [1.82, 2.24) is 20.2 Å². The normalized spacial score (nSPS) is 26.7. The zero-order valence-corrected chi connectivity index (χ0v) is 10.8. The Hall–Kier alpha value is -1.00. The van der Waals surface area contributed by atoms with Crippen LogP contribution >= 0.6 is 0 Å². The van der Waals surface area contributed by atoms with Crippen LogP contribution in [-0.4, -0.2) is 40.0 Å². The summed E-state index contributed by atoms with van der Waals surface area (Å²) in [5.74, 6) is 0.927. The first kappa shape index (κ1) is 12.5. The lowest BCUT2D eigenvalue weighted by atomic mass is 10.2. The maximum atomic E-state index is 4.32. The van der Waals surface area contributed by atoms with E-state index in [0.717, 1.165) is 25.5 Å². The number of hydrogen-bond donors (Lipinski definition) is 1. The van der Waals surface area contributed by atoms with Crippen molar-refractivity contribution in [1.29, 1.82) is 0 Å². The highest BCUT2D eigenvalue weighted by atomic mass is 15.2. The van der Waals surface area contributed by atoms with Gasteiger partial charge in [0, 0.05) is 31.0 Å². The second-order valence-corrected chi connectivity index (χ2v) is 4.79. The van der Waals surface area contributed by atoms with Gasteiger partial charge in [-0.15, -0.1) is 0 Å². The van der Waals surface area contributed by atoms with Crippen LogP contribution in [0.1, 0.15) is 32.5 Å². The second-order valence-electron chi connectivity index (χ2n) is 4.79. The number of nitrogens with zero attached hydrogens (tertiary/aromatic N) is 3. The zero-order chi connectivity index (χ0) is 12.1. The average molecular weight is 234 g/mol. The van der Waals surface area contributed by atoms with E-state index in [2.05, 4.69) is 34.0 Å². The van der Waals surface area contributed by atoms with E-state index in [1.165, 1.54) is 12.8 Å². The Kier molecular flexibility index (Phi) is 4.45. The fourth-order valence-electron chi connectivity index (χ4n) is 2.29. The summed E-state index contributed by atoms with van der Waals surface area (Å²) in [4.78, 5) is 11.1. The summed E-state index contributed by atoms with van der Waals surface area (Å²) in [5.41, 5.74) is 0. The monoisotopic (exact) mass is 234 g/mol. The highest BCUT2D eigenvalue weighted by Gasteiger charge is 2.22. The smallest absolute Gasteiger partial charge is 0.142 e. The molecule has 2 heterocycles.